The number of rotatable bonds is 4. The topological polar surface area (TPSA) is 68.8 Å². The highest BCUT2D eigenvalue weighted by Gasteiger charge is 2.06. The third-order valence-electron chi connectivity index (χ3n) is 2.01. The zero-order valence-electron chi connectivity index (χ0n) is 8.77. The lowest BCUT2D eigenvalue weighted by molar-refractivity contribution is 0.366. The van der Waals surface area contributed by atoms with Crippen molar-refractivity contribution in [3.8, 4) is 0 Å². The van der Waals surface area contributed by atoms with E-state index >= 15 is 0 Å². The lowest BCUT2D eigenvalue weighted by atomic mass is 10.5. The van der Waals surface area contributed by atoms with Gasteiger partial charge in [0.15, 0.2) is 5.82 Å². The molecule has 0 atom stereocenters. The molecule has 0 unspecified atom stereocenters. The highest BCUT2D eigenvalue weighted by molar-refractivity contribution is 4.95. The zero-order valence-corrected chi connectivity index (χ0v) is 8.77. The van der Waals surface area contributed by atoms with Gasteiger partial charge in [0.1, 0.15) is 12.4 Å². The smallest absolute Gasteiger partial charge is 0.246 e. The Kier molecular flexibility index (Phi) is 2.77. The maximum Gasteiger partial charge on any atom is 0.246 e. The summed E-state index contributed by atoms with van der Waals surface area (Å²) in [6, 6.07) is 0. The van der Waals surface area contributed by atoms with Crippen LogP contribution < -0.4 is 5.32 Å². The van der Waals surface area contributed by atoms with Gasteiger partial charge in [0.05, 0.1) is 6.54 Å². The number of aromatic nitrogens is 4. The molecule has 0 bridgehead atoms. The van der Waals surface area contributed by atoms with Crippen LogP contribution in [0.15, 0.2) is 16.9 Å². The van der Waals surface area contributed by atoms with Crippen molar-refractivity contribution in [1.82, 2.24) is 25.0 Å². The minimum Gasteiger partial charge on any atom is -0.337 e. The van der Waals surface area contributed by atoms with Gasteiger partial charge in [0.25, 0.3) is 0 Å². The highest BCUT2D eigenvalue weighted by atomic mass is 16.5. The Bertz CT molecular complexity index is 433. The monoisotopic (exact) mass is 207 g/mol. The number of hydrogen-bond acceptors (Lipinski definition) is 5. The molecular weight excluding hydrogens is 194 g/mol. The second-order valence-corrected chi connectivity index (χ2v) is 3.24. The number of hydrogen-bond donors (Lipinski definition) is 1. The molecule has 6 heteroatoms. The molecule has 0 radical (unpaired) electrons. The summed E-state index contributed by atoms with van der Waals surface area (Å²) < 4.78 is 7.02. The molecule has 6 nitrogen and oxygen atoms in total. The quantitative estimate of drug-likeness (QED) is 0.783. The van der Waals surface area contributed by atoms with Crippen molar-refractivity contribution >= 4 is 0 Å². The number of nitrogens with one attached hydrogen (secondary N) is 1. The Labute approximate surface area is 87.3 Å². The summed E-state index contributed by atoms with van der Waals surface area (Å²) in [7, 11) is 1.88. The van der Waals surface area contributed by atoms with Gasteiger partial charge in [-0.2, -0.15) is 4.98 Å². The molecule has 0 saturated heterocycles. The molecule has 15 heavy (non-hydrogen) atoms. The Balaban J connectivity index is 2.13. The fourth-order valence-corrected chi connectivity index (χ4v) is 1.36. The van der Waals surface area contributed by atoms with Gasteiger partial charge in [-0.3, -0.25) is 0 Å². The van der Waals surface area contributed by atoms with Crippen molar-refractivity contribution in [2.75, 3.05) is 7.05 Å². The Morgan fingerprint density at radius 3 is 3.07 bits per heavy atom. The molecule has 0 spiro atoms. The molecule has 0 aromatic carbocycles. The van der Waals surface area contributed by atoms with Crippen molar-refractivity contribution in [2.45, 2.75) is 20.0 Å². The van der Waals surface area contributed by atoms with Crippen LogP contribution in [-0.2, 0) is 13.1 Å². The van der Waals surface area contributed by atoms with Crippen molar-refractivity contribution in [3.05, 3.63) is 29.9 Å². The van der Waals surface area contributed by atoms with Gasteiger partial charge in [-0.25, -0.2) is 4.98 Å². The molecule has 2 aromatic heterocycles. The zero-order chi connectivity index (χ0) is 10.7. The summed E-state index contributed by atoms with van der Waals surface area (Å²) in [4.78, 5) is 8.36. The van der Waals surface area contributed by atoms with Crippen LogP contribution in [0.2, 0.25) is 0 Å². The minimum absolute atomic E-state index is 0.567. The van der Waals surface area contributed by atoms with Gasteiger partial charge in [0.2, 0.25) is 5.89 Å². The second kappa shape index (κ2) is 4.22. The van der Waals surface area contributed by atoms with Crippen LogP contribution in [0, 0.1) is 6.92 Å². The largest absolute Gasteiger partial charge is 0.337 e. The fraction of sp³-hybridized carbons (Fsp3) is 0.444. The van der Waals surface area contributed by atoms with Crippen LogP contribution in [0.25, 0.3) is 0 Å². The van der Waals surface area contributed by atoms with E-state index < -0.39 is 0 Å². The molecule has 0 fully saturated rings. The van der Waals surface area contributed by atoms with Crippen molar-refractivity contribution < 1.29 is 4.52 Å². The summed E-state index contributed by atoms with van der Waals surface area (Å²) in [5.41, 5.74) is 0. The molecule has 0 amide bonds. The van der Waals surface area contributed by atoms with E-state index in [-0.39, 0.29) is 0 Å². The van der Waals surface area contributed by atoms with Crippen LogP contribution >= 0.6 is 0 Å². The third kappa shape index (κ3) is 2.21. The van der Waals surface area contributed by atoms with E-state index in [2.05, 4.69) is 20.4 Å². The summed E-state index contributed by atoms with van der Waals surface area (Å²) in [6.07, 6.45) is 3.65. The first-order valence-electron chi connectivity index (χ1n) is 4.73. The number of imidazole rings is 1. The maximum absolute atomic E-state index is 5.04. The third-order valence-corrected chi connectivity index (χ3v) is 2.01. The molecule has 2 rings (SSSR count). The lowest BCUT2D eigenvalue weighted by Crippen LogP contribution is -2.12. The Hall–Kier alpha value is -1.69. The minimum atomic E-state index is 0.567. The first-order valence-corrected chi connectivity index (χ1v) is 4.73. The van der Waals surface area contributed by atoms with Gasteiger partial charge in [-0.15, -0.1) is 0 Å². The van der Waals surface area contributed by atoms with Crippen molar-refractivity contribution in [1.29, 1.82) is 0 Å². The number of nitrogens with zero attached hydrogens (tertiary/aromatic N) is 4. The van der Waals surface area contributed by atoms with E-state index in [1.165, 1.54) is 0 Å². The number of aryl methyl sites for hydroxylation is 1. The van der Waals surface area contributed by atoms with E-state index in [0.29, 0.717) is 18.3 Å². The molecule has 0 saturated carbocycles. The predicted octanol–water partition coefficient (Wildman–Crippen LogP) is 0.342. The molecule has 0 aliphatic heterocycles. The molecule has 0 aliphatic rings. The maximum atomic E-state index is 5.04. The molecule has 2 heterocycles. The summed E-state index contributed by atoms with van der Waals surface area (Å²) in [5, 5.41) is 6.79. The van der Waals surface area contributed by atoms with Crippen LogP contribution in [0.4, 0.5) is 0 Å². The van der Waals surface area contributed by atoms with Crippen LogP contribution in [0.5, 0.6) is 0 Å². The normalized spacial score (nSPS) is 10.8. The standard InChI is InChI=1S/C9H13N5O/c1-7-12-9(15-13-7)6-14-4-3-11-8(14)5-10-2/h3-4,10H,5-6H2,1-2H3. The van der Waals surface area contributed by atoms with Gasteiger partial charge in [-0.05, 0) is 14.0 Å². The van der Waals surface area contributed by atoms with Crippen LogP contribution in [-0.4, -0.2) is 26.7 Å². The van der Waals surface area contributed by atoms with Gasteiger partial charge < -0.3 is 14.4 Å². The predicted molar refractivity (Wildman–Crippen MR) is 53.1 cm³/mol. The molecule has 2 aromatic rings. The fourth-order valence-electron chi connectivity index (χ4n) is 1.36. The Morgan fingerprint density at radius 1 is 1.53 bits per heavy atom. The van der Waals surface area contributed by atoms with E-state index in [4.69, 9.17) is 4.52 Å². The summed E-state index contributed by atoms with van der Waals surface area (Å²) in [5.74, 6) is 2.21. The Morgan fingerprint density at radius 2 is 2.40 bits per heavy atom. The SMILES string of the molecule is CNCc1nccn1Cc1nc(C)no1. The van der Waals surface area contributed by atoms with E-state index in [1.807, 2.05) is 17.8 Å². The summed E-state index contributed by atoms with van der Waals surface area (Å²) >= 11 is 0. The van der Waals surface area contributed by atoms with Crippen LogP contribution in [0.3, 0.4) is 0 Å². The first kappa shape index (κ1) is 9.85. The average Bonchev–Trinajstić information content (AvgIpc) is 2.78. The van der Waals surface area contributed by atoms with Gasteiger partial charge in [-0.1, -0.05) is 5.16 Å². The van der Waals surface area contributed by atoms with E-state index in [1.54, 1.807) is 13.1 Å². The van der Waals surface area contributed by atoms with E-state index in [0.717, 1.165) is 12.4 Å². The van der Waals surface area contributed by atoms with Gasteiger partial charge in [0, 0.05) is 12.4 Å². The van der Waals surface area contributed by atoms with E-state index in [9.17, 15) is 0 Å². The average molecular weight is 207 g/mol. The van der Waals surface area contributed by atoms with Crippen molar-refractivity contribution in [3.63, 3.8) is 0 Å². The summed E-state index contributed by atoms with van der Waals surface area (Å²) in [6.45, 7) is 3.09. The molecular formula is C9H13N5O. The molecule has 1 N–H and O–H groups in total. The second-order valence-electron chi connectivity index (χ2n) is 3.24. The first-order chi connectivity index (χ1) is 7.29. The van der Waals surface area contributed by atoms with Crippen LogP contribution in [0.1, 0.15) is 17.5 Å². The highest BCUT2D eigenvalue weighted by Crippen LogP contribution is 2.03. The van der Waals surface area contributed by atoms with Crippen molar-refractivity contribution in [2.24, 2.45) is 0 Å². The molecule has 80 valence electrons. The lowest BCUT2D eigenvalue weighted by Gasteiger charge is -2.03. The molecule has 0 aliphatic carbocycles. The van der Waals surface area contributed by atoms with Gasteiger partial charge >= 0.3 is 0 Å².